The second-order valence-corrected chi connectivity index (χ2v) is 7.73. The summed E-state index contributed by atoms with van der Waals surface area (Å²) in [6.07, 6.45) is 1.02. The van der Waals surface area contributed by atoms with Gasteiger partial charge in [0.05, 0.1) is 12.5 Å². The van der Waals surface area contributed by atoms with E-state index in [4.69, 9.17) is 4.74 Å². The molecule has 2 unspecified atom stereocenters. The van der Waals surface area contributed by atoms with E-state index in [1.54, 1.807) is 0 Å². The maximum absolute atomic E-state index is 11.7. The number of carbonyl (C=O) groups is 1. The van der Waals surface area contributed by atoms with Crippen LogP contribution < -0.4 is 0 Å². The van der Waals surface area contributed by atoms with Gasteiger partial charge in [0.2, 0.25) is 0 Å². The Morgan fingerprint density at radius 3 is 2.40 bits per heavy atom. The van der Waals surface area contributed by atoms with Crippen molar-refractivity contribution in [1.29, 1.82) is 0 Å². The molecule has 2 nitrogen and oxygen atoms in total. The Morgan fingerprint density at radius 1 is 1.47 bits per heavy atom. The van der Waals surface area contributed by atoms with Crippen molar-refractivity contribution in [3.05, 3.63) is 0 Å². The molecule has 0 aromatic carbocycles. The van der Waals surface area contributed by atoms with Crippen LogP contribution in [0.2, 0.25) is 0 Å². The minimum Gasteiger partial charge on any atom is -0.466 e. The summed E-state index contributed by atoms with van der Waals surface area (Å²) in [4.78, 5) is 11.7. The first-order valence-electron chi connectivity index (χ1n) is 5.55. The number of ether oxygens (including phenoxy) is 1. The van der Waals surface area contributed by atoms with Gasteiger partial charge in [0.1, 0.15) is 0 Å². The van der Waals surface area contributed by atoms with Crippen LogP contribution in [-0.4, -0.2) is 16.9 Å². The predicted molar refractivity (Wildman–Crippen MR) is 65.0 cm³/mol. The molecule has 0 amide bonds. The molecule has 0 N–H and O–H groups in total. The third-order valence-electron chi connectivity index (χ3n) is 3.30. The first-order chi connectivity index (χ1) is 6.70. The second-order valence-electron chi connectivity index (χ2n) is 5.58. The van der Waals surface area contributed by atoms with Crippen molar-refractivity contribution in [3.8, 4) is 0 Å². The Morgan fingerprint density at radius 2 is 2.00 bits per heavy atom. The van der Waals surface area contributed by atoms with E-state index in [0.29, 0.717) is 12.5 Å². The molecular formula is C12H21BrO2. The van der Waals surface area contributed by atoms with Gasteiger partial charge in [0.15, 0.2) is 0 Å². The summed E-state index contributed by atoms with van der Waals surface area (Å²) in [5.41, 5.74) is 0.108. The van der Waals surface area contributed by atoms with E-state index in [9.17, 15) is 4.79 Å². The van der Waals surface area contributed by atoms with Gasteiger partial charge in [-0.25, -0.2) is 0 Å². The van der Waals surface area contributed by atoms with E-state index in [2.05, 4.69) is 43.6 Å². The zero-order chi connectivity index (χ0) is 11.9. The van der Waals surface area contributed by atoms with Gasteiger partial charge in [-0.05, 0) is 24.7 Å². The summed E-state index contributed by atoms with van der Waals surface area (Å²) in [5, 5.41) is 0. The summed E-state index contributed by atoms with van der Waals surface area (Å²) in [5.74, 6) is 0.518. The van der Waals surface area contributed by atoms with Crippen molar-refractivity contribution < 1.29 is 9.53 Å². The van der Waals surface area contributed by atoms with Crippen LogP contribution in [-0.2, 0) is 9.53 Å². The van der Waals surface area contributed by atoms with Crippen molar-refractivity contribution in [2.45, 2.75) is 45.4 Å². The van der Waals surface area contributed by atoms with Crippen LogP contribution >= 0.6 is 15.9 Å². The molecule has 15 heavy (non-hydrogen) atoms. The van der Waals surface area contributed by atoms with Gasteiger partial charge in [-0.3, -0.25) is 4.79 Å². The van der Waals surface area contributed by atoms with Crippen molar-refractivity contribution >= 4 is 21.9 Å². The Labute approximate surface area is 101 Å². The van der Waals surface area contributed by atoms with Crippen LogP contribution in [0.3, 0.4) is 0 Å². The number of rotatable bonds is 4. The highest BCUT2D eigenvalue weighted by Crippen LogP contribution is 2.62. The Kier molecular flexibility index (Phi) is 3.54. The maximum atomic E-state index is 11.7. The van der Waals surface area contributed by atoms with Gasteiger partial charge < -0.3 is 4.74 Å². The topological polar surface area (TPSA) is 26.3 Å². The molecule has 1 aliphatic rings. The molecule has 1 rings (SSSR count). The lowest BCUT2D eigenvalue weighted by Gasteiger charge is -2.16. The molecule has 0 bridgehead atoms. The molecule has 1 fully saturated rings. The zero-order valence-corrected chi connectivity index (χ0v) is 11.8. The van der Waals surface area contributed by atoms with E-state index in [1.807, 2.05) is 6.92 Å². The number of hydrogen-bond donors (Lipinski definition) is 0. The number of alkyl halides is 1. The van der Waals surface area contributed by atoms with Crippen LogP contribution in [0.5, 0.6) is 0 Å². The van der Waals surface area contributed by atoms with Gasteiger partial charge >= 0.3 is 5.97 Å². The first-order valence-corrected chi connectivity index (χ1v) is 6.35. The summed E-state index contributed by atoms with van der Waals surface area (Å²) in [7, 11) is 0. The van der Waals surface area contributed by atoms with Crippen LogP contribution in [0.15, 0.2) is 0 Å². The lowest BCUT2D eigenvalue weighted by Crippen LogP contribution is -2.13. The minimum atomic E-state index is -0.0238. The van der Waals surface area contributed by atoms with Crippen LogP contribution in [0.1, 0.15) is 41.0 Å². The Hall–Kier alpha value is -0.0500. The third kappa shape index (κ3) is 2.96. The summed E-state index contributed by atoms with van der Waals surface area (Å²) in [6, 6.07) is 0. The highest BCUT2D eigenvalue weighted by molar-refractivity contribution is 9.10. The van der Waals surface area contributed by atoms with Gasteiger partial charge in [-0.2, -0.15) is 0 Å². The average Bonchev–Trinajstić information content (AvgIpc) is 2.50. The molecule has 1 aliphatic carbocycles. The van der Waals surface area contributed by atoms with Crippen molar-refractivity contribution in [2.75, 3.05) is 6.61 Å². The van der Waals surface area contributed by atoms with Crippen molar-refractivity contribution in [1.82, 2.24) is 0 Å². The maximum Gasteiger partial charge on any atom is 0.309 e. The molecule has 0 aliphatic heterocycles. The zero-order valence-electron chi connectivity index (χ0n) is 10.3. The summed E-state index contributed by atoms with van der Waals surface area (Å²) < 4.78 is 5.20. The quantitative estimate of drug-likeness (QED) is 0.581. The monoisotopic (exact) mass is 276 g/mol. The molecule has 0 saturated heterocycles. The molecule has 2 atom stereocenters. The van der Waals surface area contributed by atoms with Crippen molar-refractivity contribution in [2.24, 2.45) is 17.3 Å². The minimum absolute atomic E-state index is 0.0238. The SMILES string of the molecule is CCOC(=O)C1C(CC(C)(C)Br)C1(C)C. The highest BCUT2D eigenvalue weighted by Gasteiger charge is 2.63. The largest absolute Gasteiger partial charge is 0.466 e. The molecule has 0 radical (unpaired) electrons. The highest BCUT2D eigenvalue weighted by atomic mass is 79.9. The number of esters is 1. The van der Waals surface area contributed by atoms with E-state index < -0.39 is 0 Å². The first kappa shape index (κ1) is 13.0. The summed E-state index contributed by atoms with van der Waals surface area (Å²) in [6.45, 7) is 10.9. The summed E-state index contributed by atoms with van der Waals surface area (Å²) >= 11 is 3.63. The lowest BCUT2D eigenvalue weighted by molar-refractivity contribution is -0.145. The van der Waals surface area contributed by atoms with Crippen molar-refractivity contribution in [3.63, 3.8) is 0 Å². The number of halogens is 1. The van der Waals surface area contributed by atoms with Gasteiger partial charge in [-0.1, -0.05) is 43.6 Å². The fourth-order valence-electron chi connectivity index (χ4n) is 2.35. The lowest BCUT2D eigenvalue weighted by atomic mass is 10.0. The third-order valence-corrected chi connectivity index (χ3v) is 3.62. The molecule has 0 spiro atoms. The van der Waals surface area contributed by atoms with E-state index in [1.165, 1.54) is 0 Å². The normalized spacial score (nSPS) is 28.7. The van der Waals surface area contributed by atoms with Gasteiger partial charge in [-0.15, -0.1) is 0 Å². The molecule has 0 heterocycles. The van der Waals surface area contributed by atoms with Crippen LogP contribution in [0.25, 0.3) is 0 Å². The smallest absolute Gasteiger partial charge is 0.309 e. The van der Waals surface area contributed by atoms with E-state index >= 15 is 0 Å². The van der Waals surface area contributed by atoms with Crippen LogP contribution in [0.4, 0.5) is 0 Å². The molecule has 3 heteroatoms. The number of hydrogen-bond acceptors (Lipinski definition) is 2. The van der Waals surface area contributed by atoms with E-state index in [-0.39, 0.29) is 21.6 Å². The van der Waals surface area contributed by atoms with Gasteiger partial charge in [0, 0.05) is 4.32 Å². The Balaban J connectivity index is 2.59. The standard InChI is InChI=1S/C12H21BrO2/c1-6-15-10(14)9-8(12(9,4)5)7-11(2,3)13/h8-9H,6-7H2,1-5H3. The van der Waals surface area contributed by atoms with E-state index in [0.717, 1.165) is 6.42 Å². The molecule has 1 saturated carbocycles. The number of carbonyl (C=O) groups excluding carboxylic acids is 1. The fraction of sp³-hybridized carbons (Fsp3) is 0.917. The second kappa shape index (κ2) is 4.08. The average molecular weight is 277 g/mol. The van der Waals surface area contributed by atoms with Gasteiger partial charge in [0.25, 0.3) is 0 Å². The fourth-order valence-corrected chi connectivity index (χ4v) is 2.70. The van der Waals surface area contributed by atoms with Crippen LogP contribution in [0, 0.1) is 17.3 Å². The molecule has 88 valence electrons. The molecule has 0 aromatic rings. The predicted octanol–water partition coefficient (Wildman–Crippen LogP) is 3.39. The Bertz CT molecular complexity index is 253. The molecular weight excluding hydrogens is 256 g/mol. The molecule has 0 aromatic heterocycles.